The van der Waals surface area contributed by atoms with Crippen molar-refractivity contribution < 1.29 is 19.4 Å². The van der Waals surface area contributed by atoms with Crippen molar-refractivity contribution in [3.8, 4) is 0 Å². The topological polar surface area (TPSA) is 66.8 Å². The summed E-state index contributed by atoms with van der Waals surface area (Å²) in [5, 5.41) is 8.84. The molecule has 5 nitrogen and oxygen atoms in total. The number of aliphatic carboxylic acids is 1. The van der Waals surface area contributed by atoms with E-state index in [1.165, 1.54) is 0 Å². The minimum atomic E-state index is -0.729. The molecule has 0 unspecified atom stereocenters. The highest BCUT2D eigenvalue weighted by atomic mass is 16.5. The largest absolute Gasteiger partial charge is 0.481 e. The first-order chi connectivity index (χ1) is 9.60. The van der Waals surface area contributed by atoms with Crippen LogP contribution in [0.1, 0.15) is 18.9 Å². The first-order valence-corrected chi connectivity index (χ1v) is 6.82. The number of nitrogens with zero attached hydrogens (tertiary/aromatic N) is 1. The number of rotatable bonds is 6. The lowest BCUT2D eigenvalue weighted by atomic mass is 9.99. The van der Waals surface area contributed by atoms with Crippen LogP contribution in [0.3, 0.4) is 0 Å². The van der Waals surface area contributed by atoms with E-state index in [0.717, 1.165) is 11.3 Å². The molecule has 0 spiro atoms. The second kappa shape index (κ2) is 6.41. The molecule has 1 aromatic carbocycles. The van der Waals surface area contributed by atoms with Crippen LogP contribution in [0.2, 0.25) is 0 Å². The molecule has 0 atom stereocenters. The molecule has 0 radical (unpaired) electrons. The lowest BCUT2D eigenvalue weighted by Crippen LogP contribution is -2.50. The van der Waals surface area contributed by atoms with Crippen LogP contribution in [0.5, 0.6) is 0 Å². The van der Waals surface area contributed by atoms with Crippen LogP contribution in [0.15, 0.2) is 24.3 Å². The van der Waals surface area contributed by atoms with Crippen molar-refractivity contribution in [2.45, 2.75) is 19.8 Å². The van der Waals surface area contributed by atoms with Gasteiger partial charge in [0, 0.05) is 25.2 Å². The fourth-order valence-corrected chi connectivity index (χ4v) is 2.20. The van der Waals surface area contributed by atoms with E-state index in [0.29, 0.717) is 32.5 Å². The number of carboxylic acid groups (broad SMARTS) is 1. The molecular weight excluding hydrogens is 258 g/mol. The van der Waals surface area contributed by atoms with Gasteiger partial charge in [-0.1, -0.05) is 12.1 Å². The third-order valence-corrected chi connectivity index (χ3v) is 3.46. The summed E-state index contributed by atoms with van der Waals surface area (Å²) in [4.78, 5) is 24.0. The van der Waals surface area contributed by atoms with E-state index in [-0.39, 0.29) is 11.9 Å². The number of esters is 1. The van der Waals surface area contributed by atoms with Gasteiger partial charge in [-0.15, -0.1) is 0 Å². The lowest BCUT2D eigenvalue weighted by molar-refractivity contribution is -0.143. The van der Waals surface area contributed by atoms with Crippen molar-refractivity contribution in [1.29, 1.82) is 0 Å². The Kier molecular flexibility index (Phi) is 4.61. The first kappa shape index (κ1) is 14.4. The van der Waals surface area contributed by atoms with Crippen molar-refractivity contribution in [2.24, 2.45) is 5.92 Å². The quantitative estimate of drug-likeness (QED) is 0.802. The van der Waals surface area contributed by atoms with Crippen molar-refractivity contribution in [1.82, 2.24) is 0 Å². The van der Waals surface area contributed by atoms with Crippen LogP contribution in [-0.2, 0) is 20.7 Å². The van der Waals surface area contributed by atoms with Crippen molar-refractivity contribution in [2.75, 3.05) is 24.6 Å². The summed E-state index contributed by atoms with van der Waals surface area (Å²) in [6.07, 6.45) is 1.05. The Hall–Kier alpha value is -2.04. The van der Waals surface area contributed by atoms with Gasteiger partial charge in [0.25, 0.3) is 0 Å². The predicted molar refractivity (Wildman–Crippen MR) is 74.7 cm³/mol. The molecule has 0 aromatic heterocycles. The van der Waals surface area contributed by atoms with Gasteiger partial charge in [0.1, 0.15) is 0 Å². The number of carbonyl (C=O) groups excluding carboxylic acids is 1. The first-order valence-electron chi connectivity index (χ1n) is 6.82. The molecule has 0 bridgehead atoms. The Labute approximate surface area is 118 Å². The van der Waals surface area contributed by atoms with Crippen LogP contribution >= 0.6 is 0 Å². The highest BCUT2D eigenvalue weighted by Gasteiger charge is 2.32. The number of carbonyl (C=O) groups is 2. The zero-order chi connectivity index (χ0) is 14.5. The maximum absolute atomic E-state index is 11.3. The summed E-state index contributed by atoms with van der Waals surface area (Å²) in [5.74, 6) is -1.16. The fraction of sp³-hybridized carbons (Fsp3) is 0.467. The van der Waals surface area contributed by atoms with E-state index in [4.69, 9.17) is 9.84 Å². The molecule has 0 saturated carbocycles. The molecule has 0 amide bonds. The Morgan fingerprint density at radius 2 is 1.95 bits per heavy atom. The molecular formula is C15H19NO4. The Bertz CT molecular complexity index is 477. The third kappa shape index (κ3) is 3.50. The number of carboxylic acids is 1. The molecule has 1 N–H and O–H groups in total. The summed E-state index contributed by atoms with van der Waals surface area (Å²) < 4.78 is 4.88. The summed E-state index contributed by atoms with van der Waals surface area (Å²) in [7, 11) is 0. The Morgan fingerprint density at radius 1 is 1.30 bits per heavy atom. The van der Waals surface area contributed by atoms with E-state index in [1.807, 2.05) is 29.2 Å². The van der Waals surface area contributed by atoms with Gasteiger partial charge in [-0.25, -0.2) is 0 Å². The summed E-state index contributed by atoms with van der Waals surface area (Å²) >= 11 is 0. The number of anilines is 1. The van der Waals surface area contributed by atoms with Gasteiger partial charge in [0.2, 0.25) is 0 Å². The van der Waals surface area contributed by atoms with Gasteiger partial charge >= 0.3 is 11.9 Å². The van der Waals surface area contributed by atoms with Crippen LogP contribution in [0.4, 0.5) is 5.69 Å². The van der Waals surface area contributed by atoms with Crippen molar-refractivity contribution in [3.63, 3.8) is 0 Å². The van der Waals surface area contributed by atoms with Gasteiger partial charge in [-0.2, -0.15) is 0 Å². The normalized spacial score (nSPS) is 14.8. The number of hydrogen-bond donors (Lipinski definition) is 1. The average molecular weight is 277 g/mol. The predicted octanol–water partition coefficient (Wildman–Crippen LogP) is 1.70. The number of ether oxygens (including phenoxy) is 1. The molecule has 0 aliphatic carbocycles. The van der Waals surface area contributed by atoms with Gasteiger partial charge in [-0.05, 0) is 31.0 Å². The zero-order valence-corrected chi connectivity index (χ0v) is 11.5. The van der Waals surface area contributed by atoms with Gasteiger partial charge in [0.15, 0.2) is 0 Å². The van der Waals surface area contributed by atoms with Crippen LogP contribution in [0.25, 0.3) is 0 Å². The minimum absolute atomic E-state index is 0.177. The average Bonchev–Trinajstić information content (AvgIpc) is 2.36. The number of hydrogen-bond acceptors (Lipinski definition) is 4. The molecule has 1 saturated heterocycles. The highest BCUT2D eigenvalue weighted by Crippen LogP contribution is 2.25. The fourth-order valence-electron chi connectivity index (χ4n) is 2.20. The third-order valence-electron chi connectivity index (χ3n) is 3.46. The van der Waals surface area contributed by atoms with Crippen LogP contribution in [0, 0.1) is 5.92 Å². The van der Waals surface area contributed by atoms with E-state index in [9.17, 15) is 9.59 Å². The molecule has 20 heavy (non-hydrogen) atoms. The molecule has 5 heteroatoms. The monoisotopic (exact) mass is 277 g/mol. The summed E-state index contributed by atoms with van der Waals surface area (Å²) in [5.41, 5.74) is 2.11. The Morgan fingerprint density at radius 3 is 2.50 bits per heavy atom. The van der Waals surface area contributed by atoms with E-state index >= 15 is 0 Å². The molecule has 1 aliphatic rings. The van der Waals surface area contributed by atoms with Gasteiger partial charge in [-0.3, -0.25) is 9.59 Å². The second-order valence-electron chi connectivity index (χ2n) is 4.91. The van der Waals surface area contributed by atoms with Crippen LogP contribution < -0.4 is 4.90 Å². The standard InChI is InChI=1S/C15H19NO4/c1-2-20-14(17)8-5-11-3-6-13(7-4-11)16-9-12(10-16)15(18)19/h3-4,6-7,12H,2,5,8-10H2,1H3,(H,18,19). The van der Waals surface area contributed by atoms with E-state index < -0.39 is 5.97 Å². The molecule has 1 heterocycles. The second-order valence-corrected chi connectivity index (χ2v) is 4.91. The maximum Gasteiger partial charge on any atom is 0.310 e. The van der Waals surface area contributed by atoms with E-state index in [1.54, 1.807) is 6.92 Å². The van der Waals surface area contributed by atoms with Crippen molar-refractivity contribution in [3.05, 3.63) is 29.8 Å². The smallest absolute Gasteiger partial charge is 0.310 e. The minimum Gasteiger partial charge on any atom is -0.481 e. The summed E-state index contributed by atoms with van der Waals surface area (Å²) in [6, 6.07) is 7.89. The van der Waals surface area contributed by atoms with Crippen molar-refractivity contribution >= 4 is 17.6 Å². The zero-order valence-electron chi connectivity index (χ0n) is 11.5. The summed E-state index contributed by atoms with van der Waals surface area (Å²) in [6.45, 7) is 3.34. The molecule has 108 valence electrons. The maximum atomic E-state index is 11.3. The Balaban J connectivity index is 1.82. The van der Waals surface area contributed by atoms with Gasteiger partial charge in [0.05, 0.1) is 12.5 Å². The highest BCUT2D eigenvalue weighted by molar-refractivity contribution is 5.74. The number of benzene rings is 1. The number of aryl methyl sites for hydroxylation is 1. The van der Waals surface area contributed by atoms with Gasteiger partial charge < -0.3 is 14.7 Å². The van der Waals surface area contributed by atoms with Crippen LogP contribution in [-0.4, -0.2) is 36.7 Å². The molecule has 2 rings (SSSR count). The lowest BCUT2D eigenvalue weighted by Gasteiger charge is -2.38. The molecule has 1 aliphatic heterocycles. The van der Waals surface area contributed by atoms with E-state index in [2.05, 4.69) is 0 Å². The SMILES string of the molecule is CCOC(=O)CCc1ccc(N2CC(C(=O)O)C2)cc1. The molecule has 1 aromatic rings. The molecule has 1 fully saturated rings.